The molecule has 9 nitrogen and oxygen atoms in total. The van der Waals surface area contributed by atoms with E-state index in [1.807, 2.05) is 0 Å². The molecule has 2 heterocycles. The summed E-state index contributed by atoms with van der Waals surface area (Å²) in [6, 6.07) is 6.94. The van der Waals surface area contributed by atoms with E-state index in [-0.39, 0.29) is 5.91 Å². The molecule has 0 unspecified atom stereocenters. The molecular formula is C21H28N4O5. The Morgan fingerprint density at radius 1 is 1.10 bits per heavy atom. The molecule has 1 aromatic heterocycles. The first-order valence-electron chi connectivity index (χ1n) is 9.76. The zero-order chi connectivity index (χ0) is 21.3. The number of amides is 1. The number of aromatic nitrogens is 1. The average molecular weight is 416 g/mol. The Morgan fingerprint density at radius 3 is 2.43 bits per heavy atom. The number of hydrogen-bond donors (Lipinski definition) is 2. The number of benzene rings is 1. The van der Waals surface area contributed by atoms with Gasteiger partial charge in [-0.2, -0.15) is 0 Å². The first-order chi connectivity index (χ1) is 14.6. The van der Waals surface area contributed by atoms with Gasteiger partial charge in [-0.3, -0.25) is 9.69 Å². The van der Waals surface area contributed by atoms with Gasteiger partial charge in [-0.15, -0.1) is 0 Å². The van der Waals surface area contributed by atoms with E-state index < -0.39 is 0 Å². The van der Waals surface area contributed by atoms with Crippen LogP contribution in [0.4, 0.5) is 11.5 Å². The van der Waals surface area contributed by atoms with Crippen molar-refractivity contribution in [2.24, 2.45) is 0 Å². The molecule has 162 valence electrons. The van der Waals surface area contributed by atoms with Crippen molar-refractivity contribution in [3.8, 4) is 17.2 Å². The summed E-state index contributed by atoms with van der Waals surface area (Å²) in [5.74, 6) is 1.95. The van der Waals surface area contributed by atoms with E-state index in [1.165, 1.54) is 0 Å². The molecule has 0 atom stereocenters. The predicted molar refractivity (Wildman–Crippen MR) is 113 cm³/mol. The Kier molecular flexibility index (Phi) is 7.69. The summed E-state index contributed by atoms with van der Waals surface area (Å²) >= 11 is 0. The van der Waals surface area contributed by atoms with Gasteiger partial charge in [-0.25, -0.2) is 4.98 Å². The number of nitrogens with zero attached hydrogens (tertiary/aromatic N) is 2. The number of carbonyl (C=O) groups excluding carboxylic acids is 1. The summed E-state index contributed by atoms with van der Waals surface area (Å²) in [6.45, 7) is 4.66. The zero-order valence-electron chi connectivity index (χ0n) is 17.6. The number of pyridine rings is 1. The van der Waals surface area contributed by atoms with Crippen LogP contribution >= 0.6 is 0 Å². The molecule has 2 N–H and O–H groups in total. The lowest BCUT2D eigenvalue weighted by Gasteiger charge is -2.26. The van der Waals surface area contributed by atoms with Gasteiger partial charge in [-0.1, -0.05) is 0 Å². The minimum atomic E-state index is -0.140. The van der Waals surface area contributed by atoms with Crippen LogP contribution in [0.25, 0.3) is 0 Å². The van der Waals surface area contributed by atoms with Crippen LogP contribution in [0.15, 0.2) is 30.5 Å². The number of anilines is 2. The van der Waals surface area contributed by atoms with E-state index in [0.29, 0.717) is 40.9 Å². The molecular weight excluding hydrogens is 388 g/mol. The molecule has 2 aromatic rings. The van der Waals surface area contributed by atoms with E-state index in [4.69, 9.17) is 18.9 Å². The highest BCUT2D eigenvalue weighted by molar-refractivity contribution is 5.94. The fourth-order valence-corrected chi connectivity index (χ4v) is 3.20. The van der Waals surface area contributed by atoms with Crippen LogP contribution in [0.2, 0.25) is 0 Å². The minimum absolute atomic E-state index is 0.140. The van der Waals surface area contributed by atoms with Gasteiger partial charge >= 0.3 is 0 Å². The maximum absolute atomic E-state index is 12.5. The lowest BCUT2D eigenvalue weighted by Crippen LogP contribution is -2.41. The van der Waals surface area contributed by atoms with Crippen molar-refractivity contribution in [2.45, 2.75) is 0 Å². The van der Waals surface area contributed by atoms with Gasteiger partial charge in [0.1, 0.15) is 5.82 Å². The maximum atomic E-state index is 12.5. The molecule has 0 saturated carbocycles. The van der Waals surface area contributed by atoms with E-state index in [2.05, 4.69) is 20.5 Å². The molecule has 9 heteroatoms. The highest BCUT2D eigenvalue weighted by atomic mass is 16.5. The third-order valence-corrected chi connectivity index (χ3v) is 4.78. The van der Waals surface area contributed by atoms with Crippen LogP contribution in [0.1, 0.15) is 10.4 Å². The fourth-order valence-electron chi connectivity index (χ4n) is 3.20. The molecule has 1 aliphatic rings. The number of ether oxygens (including phenoxy) is 4. The third kappa shape index (κ3) is 5.52. The Bertz CT molecular complexity index is 830. The first-order valence-corrected chi connectivity index (χ1v) is 9.76. The van der Waals surface area contributed by atoms with Crippen molar-refractivity contribution >= 4 is 17.4 Å². The second kappa shape index (κ2) is 10.7. The number of methoxy groups -OCH3 is 3. The quantitative estimate of drug-likeness (QED) is 0.640. The number of hydrogen-bond acceptors (Lipinski definition) is 8. The standard InChI is InChI=1S/C21H28N4O5/c1-27-17-13-16(14-18(28-2)20(17)29-3)24-19-12-15(4-5-22-19)21(26)23-6-7-25-8-10-30-11-9-25/h4-5,12-14H,6-11H2,1-3H3,(H,22,24)(H,23,26). The summed E-state index contributed by atoms with van der Waals surface area (Å²) in [5, 5.41) is 6.13. The molecule has 0 aliphatic carbocycles. The van der Waals surface area contributed by atoms with Crippen LogP contribution in [0, 0.1) is 0 Å². The molecule has 30 heavy (non-hydrogen) atoms. The van der Waals surface area contributed by atoms with Gasteiger partial charge in [0.15, 0.2) is 11.5 Å². The lowest BCUT2D eigenvalue weighted by molar-refractivity contribution is 0.0383. The van der Waals surface area contributed by atoms with Crippen molar-refractivity contribution < 1.29 is 23.7 Å². The van der Waals surface area contributed by atoms with Crippen molar-refractivity contribution in [1.82, 2.24) is 15.2 Å². The highest BCUT2D eigenvalue weighted by Gasteiger charge is 2.15. The van der Waals surface area contributed by atoms with Crippen LogP contribution in [-0.2, 0) is 4.74 Å². The fraction of sp³-hybridized carbons (Fsp3) is 0.429. The first kappa shape index (κ1) is 21.7. The van der Waals surface area contributed by atoms with Crippen LogP contribution in [-0.4, -0.2) is 76.5 Å². The molecule has 0 radical (unpaired) electrons. The number of nitrogens with one attached hydrogen (secondary N) is 2. The molecule has 1 fully saturated rings. The summed E-state index contributed by atoms with van der Waals surface area (Å²) in [5.41, 5.74) is 1.23. The van der Waals surface area contributed by atoms with Crippen molar-refractivity contribution in [2.75, 3.05) is 66.0 Å². The Labute approximate surface area is 176 Å². The SMILES string of the molecule is COc1cc(Nc2cc(C(=O)NCCN3CCOCC3)ccn2)cc(OC)c1OC. The van der Waals surface area contributed by atoms with E-state index >= 15 is 0 Å². The number of rotatable bonds is 9. The van der Waals surface area contributed by atoms with Gasteiger partial charge in [0.05, 0.1) is 34.5 Å². The Hall–Kier alpha value is -3.04. The predicted octanol–water partition coefficient (Wildman–Crippen LogP) is 1.91. The smallest absolute Gasteiger partial charge is 0.251 e. The van der Waals surface area contributed by atoms with Crippen molar-refractivity contribution in [3.05, 3.63) is 36.0 Å². The summed E-state index contributed by atoms with van der Waals surface area (Å²) in [4.78, 5) is 19.1. The van der Waals surface area contributed by atoms with Crippen LogP contribution in [0.5, 0.6) is 17.2 Å². The topological polar surface area (TPSA) is 94.2 Å². The molecule has 1 saturated heterocycles. The number of morpholine rings is 1. The summed E-state index contributed by atoms with van der Waals surface area (Å²) in [6.07, 6.45) is 1.59. The maximum Gasteiger partial charge on any atom is 0.251 e. The second-order valence-corrected chi connectivity index (χ2v) is 6.68. The zero-order valence-corrected chi connectivity index (χ0v) is 17.6. The van der Waals surface area contributed by atoms with E-state index in [0.717, 1.165) is 32.8 Å². The van der Waals surface area contributed by atoms with Crippen LogP contribution < -0.4 is 24.8 Å². The lowest BCUT2D eigenvalue weighted by atomic mass is 10.2. The van der Waals surface area contributed by atoms with E-state index in [9.17, 15) is 4.79 Å². The molecule has 1 aliphatic heterocycles. The Balaban J connectivity index is 1.64. The average Bonchev–Trinajstić information content (AvgIpc) is 2.79. The largest absolute Gasteiger partial charge is 0.493 e. The number of carbonyl (C=O) groups is 1. The molecule has 1 aromatic carbocycles. The highest BCUT2D eigenvalue weighted by Crippen LogP contribution is 2.40. The molecule has 3 rings (SSSR count). The van der Waals surface area contributed by atoms with Crippen LogP contribution in [0.3, 0.4) is 0 Å². The summed E-state index contributed by atoms with van der Waals surface area (Å²) < 4.78 is 21.4. The third-order valence-electron chi connectivity index (χ3n) is 4.78. The van der Waals surface area contributed by atoms with Crippen molar-refractivity contribution in [1.29, 1.82) is 0 Å². The van der Waals surface area contributed by atoms with Gasteiger partial charge in [0.2, 0.25) is 5.75 Å². The van der Waals surface area contributed by atoms with Gasteiger partial charge in [0.25, 0.3) is 5.91 Å². The normalized spacial score (nSPS) is 14.1. The Morgan fingerprint density at radius 2 is 1.80 bits per heavy atom. The van der Waals surface area contributed by atoms with Gasteiger partial charge in [-0.05, 0) is 12.1 Å². The molecule has 1 amide bonds. The molecule has 0 spiro atoms. The van der Waals surface area contributed by atoms with Gasteiger partial charge < -0.3 is 29.6 Å². The summed E-state index contributed by atoms with van der Waals surface area (Å²) in [7, 11) is 4.67. The monoisotopic (exact) mass is 416 g/mol. The minimum Gasteiger partial charge on any atom is -0.493 e. The molecule has 0 bridgehead atoms. The second-order valence-electron chi connectivity index (χ2n) is 6.68. The van der Waals surface area contributed by atoms with E-state index in [1.54, 1.807) is 51.8 Å². The van der Waals surface area contributed by atoms with Gasteiger partial charge in [0, 0.05) is 55.8 Å². The van der Waals surface area contributed by atoms with Crippen molar-refractivity contribution in [3.63, 3.8) is 0 Å².